The summed E-state index contributed by atoms with van der Waals surface area (Å²) in [6.45, 7) is 4.53. The highest BCUT2D eigenvalue weighted by Gasteiger charge is 2.35. The molecule has 1 heterocycles. The standard InChI is InChI=1S/C16H21NO3S/c1-11-6-3-4-8-14(11)21-10-15(18)17-9-5-7-13(12(17)2)16(19)20/h3-4,6,8,12-13H,5,7,9-10H2,1-2H3,(H,19,20)/t12-,13-/m1/s1. The summed E-state index contributed by atoms with van der Waals surface area (Å²) in [4.78, 5) is 26.4. The summed E-state index contributed by atoms with van der Waals surface area (Å²) >= 11 is 1.52. The predicted octanol–water partition coefficient (Wildman–Crippen LogP) is 2.80. The number of aryl methyl sites for hydroxylation is 1. The third kappa shape index (κ3) is 3.79. The third-order valence-electron chi connectivity index (χ3n) is 4.07. The molecular weight excluding hydrogens is 286 g/mol. The minimum atomic E-state index is -0.799. The quantitative estimate of drug-likeness (QED) is 0.869. The van der Waals surface area contributed by atoms with E-state index in [2.05, 4.69) is 0 Å². The van der Waals surface area contributed by atoms with E-state index in [1.54, 1.807) is 4.90 Å². The topological polar surface area (TPSA) is 57.6 Å². The van der Waals surface area contributed by atoms with E-state index in [0.29, 0.717) is 18.7 Å². The molecule has 0 spiro atoms. The van der Waals surface area contributed by atoms with Crippen LogP contribution in [0.25, 0.3) is 0 Å². The number of carboxylic acid groups (broad SMARTS) is 1. The Balaban J connectivity index is 1.97. The predicted molar refractivity (Wildman–Crippen MR) is 83.4 cm³/mol. The first-order valence-corrected chi connectivity index (χ1v) is 8.20. The van der Waals surface area contributed by atoms with Crippen molar-refractivity contribution in [2.24, 2.45) is 5.92 Å². The molecule has 5 heteroatoms. The number of hydrogen-bond acceptors (Lipinski definition) is 3. The average molecular weight is 307 g/mol. The maximum Gasteiger partial charge on any atom is 0.308 e. The lowest BCUT2D eigenvalue weighted by Crippen LogP contribution is -2.49. The number of rotatable bonds is 4. The van der Waals surface area contributed by atoms with E-state index in [9.17, 15) is 14.7 Å². The lowest BCUT2D eigenvalue weighted by molar-refractivity contribution is -0.148. The number of aliphatic carboxylic acids is 1. The van der Waals surface area contributed by atoms with E-state index in [1.807, 2.05) is 38.1 Å². The van der Waals surface area contributed by atoms with E-state index in [-0.39, 0.29) is 11.9 Å². The van der Waals surface area contributed by atoms with Crippen molar-refractivity contribution in [1.82, 2.24) is 4.90 Å². The zero-order valence-electron chi connectivity index (χ0n) is 12.4. The first kappa shape index (κ1) is 15.9. The zero-order chi connectivity index (χ0) is 15.4. The summed E-state index contributed by atoms with van der Waals surface area (Å²) < 4.78 is 0. The smallest absolute Gasteiger partial charge is 0.308 e. The molecule has 1 aliphatic heterocycles. The molecule has 1 aromatic rings. The maximum absolute atomic E-state index is 12.4. The van der Waals surface area contributed by atoms with Crippen LogP contribution in [0.2, 0.25) is 0 Å². The average Bonchev–Trinajstić information content (AvgIpc) is 2.46. The molecule has 0 bridgehead atoms. The van der Waals surface area contributed by atoms with Crippen molar-refractivity contribution in [1.29, 1.82) is 0 Å². The molecule has 2 atom stereocenters. The van der Waals surface area contributed by atoms with Gasteiger partial charge in [-0.05, 0) is 38.3 Å². The van der Waals surface area contributed by atoms with Gasteiger partial charge in [-0.3, -0.25) is 9.59 Å². The molecule has 1 fully saturated rings. The molecule has 21 heavy (non-hydrogen) atoms. The number of carboxylic acids is 1. The SMILES string of the molecule is Cc1ccccc1SCC(=O)N1CCC[C@@H](C(=O)O)[C@H]1C. The number of nitrogens with zero attached hydrogens (tertiary/aromatic N) is 1. The van der Waals surface area contributed by atoms with Crippen molar-refractivity contribution in [2.75, 3.05) is 12.3 Å². The summed E-state index contributed by atoms with van der Waals surface area (Å²) in [7, 11) is 0. The van der Waals surface area contributed by atoms with Crippen LogP contribution in [-0.2, 0) is 9.59 Å². The number of likely N-dealkylation sites (tertiary alicyclic amines) is 1. The van der Waals surface area contributed by atoms with Gasteiger partial charge >= 0.3 is 5.97 Å². The Bertz CT molecular complexity index is 532. The van der Waals surface area contributed by atoms with Crippen LogP contribution >= 0.6 is 11.8 Å². The van der Waals surface area contributed by atoms with E-state index in [0.717, 1.165) is 16.9 Å². The van der Waals surface area contributed by atoms with E-state index >= 15 is 0 Å². The highest BCUT2D eigenvalue weighted by atomic mass is 32.2. The fraction of sp³-hybridized carbons (Fsp3) is 0.500. The van der Waals surface area contributed by atoms with Crippen LogP contribution in [0.15, 0.2) is 29.2 Å². The Labute approximate surface area is 129 Å². The fourth-order valence-corrected chi connectivity index (χ4v) is 3.68. The van der Waals surface area contributed by atoms with Crippen molar-refractivity contribution in [3.8, 4) is 0 Å². The van der Waals surface area contributed by atoms with Crippen molar-refractivity contribution < 1.29 is 14.7 Å². The molecule has 0 aromatic heterocycles. The number of benzene rings is 1. The van der Waals surface area contributed by atoms with Crippen LogP contribution in [0.3, 0.4) is 0 Å². The van der Waals surface area contributed by atoms with Gasteiger partial charge in [0.2, 0.25) is 5.91 Å². The van der Waals surface area contributed by atoms with Crippen LogP contribution < -0.4 is 0 Å². The molecule has 1 amide bonds. The largest absolute Gasteiger partial charge is 0.481 e. The molecule has 1 aliphatic rings. The second kappa shape index (κ2) is 6.98. The minimum absolute atomic E-state index is 0.0294. The van der Waals surface area contributed by atoms with Gasteiger partial charge in [0.25, 0.3) is 0 Å². The molecule has 0 aliphatic carbocycles. The first-order valence-electron chi connectivity index (χ1n) is 7.21. The first-order chi connectivity index (χ1) is 10.0. The summed E-state index contributed by atoms with van der Waals surface area (Å²) in [5, 5.41) is 9.21. The minimum Gasteiger partial charge on any atom is -0.481 e. The van der Waals surface area contributed by atoms with Crippen LogP contribution in [0.1, 0.15) is 25.3 Å². The zero-order valence-corrected chi connectivity index (χ0v) is 13.2. The summed E-state index contributed by atoms with van der Waals surface area (Å²) in [5.74, 6) is -0.846. The molecule has 0 unspecified atom stereocenters. The van der Waals surface area contributed by atoms with Crippen molar-refractivity contribution in [3.05, 3.63) is 29.8 Å². The number of hydrogen-bond donors (Lipinski definition) is 1. The maximum atomic E-state index is 12.4. The van der Waals surface area contributed by atoms with Gasteiger partial charge < -0.3 is 10.0 Å². The number of carbonyl (C=O) groups excluding carboxylic acids is 1. The lowest BCUT2D eigenvalue weighted by atomic mass is 9.90. The Morgan fingerprint density at radius 3 is 2.76 bits per heavy atom. The van der Waals surface area contributed by atoms with E-state index < -0.39 is 11.9 Å². The van der Waals surface area contributed by atoms with Gasteiger partial charge in [0, 0.05) is 17.5 Å². The molecule has 2 rings (SSSR count). The molecular formula is C16H21NO3S. The summed E-state index contributed by atoms with van der Waals surface area (Å²) in [6.07, 6.45) is 1.42. The van der Waals surface area contributed by atoms with Gasteiger partial charge in [-0.2, -0.15) is 0 Å². The summed E-state index contributed by atoms with van der Waals surface area (Å²) in [6, 6.07) is 7.75. The molecule has 1 aromatic carbocycles. The fourth-order valence-electron chi connectivity index (χ4n) is 2.77. The molecule has 1 N–H and O–H groups in total. The summed E-state index contributed by atoms with van der Waals surface area (Å²) in [5.41, 5.74) is 1.16. The number of amides is 1. The van der Waals surface area contributed by atoms with Crippen LogP contribution in [-0.4, -0.2) is 40.2 Å². The van der Waals surface area contributed by atoms with Gasteiger partial charge in [-0.1, -0.05) is 18.2 Å². The lowest BCUT2D eigenvalue weighted by Gasteiger charge is -2.37. The Hall–Kier alpha value is -1.49. The highest BCUT2D eigenvalue weighted by Crippen LogP contribution is 2.26. The molecule has 1 saturated heterocycles. The van der Waals surface area contributed by atoms with Gasteiger partial charge in [0.05, 0.1) is 11.7 Å². The van der Waals surface area contributed by atoms with Crippen LogP contribution in [0.5, 0.6) is 0 Å². The van der Waals surface area contributed by atoms with Gasteiger partial charge in [-0.15, -0.1) is 11.8 Å². The van der Waals surface area contributed by atoms with Crippen LogP contribution in [0, 0.1) is 12.8 Å². The third-order valence-corrected chi connectivity index (χ3v) is 5.23. The molecule has 114 valence electrons. The van der Waals surface area contributed by atoms with Crippen molar-refractivity contribution in [2.45, 2.75) is 37.6 Å². The van der Waals surface area contributed by atoms with Crippen molar-refractivity contribution in [3.63, 3.8) is 0 Å². The highest BCUT2D eigenvalue weighted by molar-refractivity contribution is 8.00. The Morgan fingerprint density at radius 2 is 2.10 bits per heavy atom. The normalized spacial score (nSPS) is 22.1. The molecule has 0 radical (unpaired) electrons. The molecule has 0 saturated carbocycles. The second-order valence-electron chi connectivity index (χ2n) is 5.47. The van der Waals surface area contributed by atoms with Crippen LogP contribution in [0.4, 0.5) is 0 Å². The Morgan fingerprint density at radius 1 is 1.38 bits per heavy atom. The molecule has 4 nitrogen and oxygen atoms in total. The monoisotopic (exact) mass is 307 g/mol. The van der Waals surface area contributed by atoms with E-state index in [1.165, 1.54) is 11.8 Å². The number of carbonyl (C=O) groups is 2. The second-order valence-corrected chi connectivity index (χ2v) is 6.49. The van der Waals surface area contributed by atoms with Gasteiger partial charge in [-0.25, -0.2) is 0 Å². The number of thioether (sulfide) groups is 1. The van der Waals surface area contributed by atoms with E-state index in [4.69, 9.17) is 0 Å². The van der Waals surface area contributed by atoms with Gasteiger partial charge in [0.1, 0.15) is 0 Å². The number of piperidine rings is 1. The van der Waals surface area contributed by atoms with Crippen molar-refractivity contribution >= 4 is 23.6 Å². The van der Waals surface area contributed by atoms with Gasteiger partial charge in [0.15, 0.2) is 0 Å². The Kier molecular flexibility index (Phi) is 5.28.